The van der Waals surface area contributed by atoms with Gasteiger partial charge in [-0.2, -0.15) is 0 Å². The molecular formula is C11H16N2O2. The van der Waals surface area contributed by atoms with E-state index in [9.17, 15) is 9.59 Å². The zero-order valence-corrected chi connectivity index (χ0v) is 8.93. The molecule has 0 radical (unpaired) electrons. The van der Waals surface area contributed by atoms with Crippen LogP contribution in [0.25, 0.3) is 0 Å². The molecule has 3 amide bonds. The Bertz CT molecular complexity index is 319. The molecule has 1 rings (SSSR count). The van der Waals surface area contributed by atoms with Crippen molar-refractivity contribution in [1.82, 2.24) is 10.6 Å². The molecule has 1 fully saturated rings. The molecule has 4 nitrogen and oxygen atoms in total. The van der Waals surface area contributed by atoms with E-state index in [0.717, 1.165) is 31.3 Å². The third-order valence-corrected chi connectivity index (χ3v) is 2.31. The quantitative estimate of drug-likeness (QED) is 0.411. The first-order valence-corrected chi connectivity index (χ1v) is 5.17. The van der Waals surface area contributed by atoms with Gasteiger partial charge in [-0.05, 0) is 18.4 Å². The lowest BCUT2D eigenvalue weighted by Crippen LogP contribution is -2.22. The summed E-state index contributed by atoms with van der Waals surface area (Å²) in [6.45, 7) is 5.77. The summed E-state index contributed by atoms with van der Waals surface area (Å²) in [5.74, 6) is -0.355. The van der Waals surface area contributed by atoms with Gasteiger partial charge in [0.2, 0.25) is 0 Å². The normalized spacial score (nSPS) is 18.5. The van der Waals surface area contributed by atoms with E-state index in [-0.39, 0.29) is 5.91 Å². The lowest BCUT2D eigenvalue weighted by Gasteiger charge is -2.04. The zero-order valence-electron chi connectivity index (χ0n) is 8.93. The number of nitrogens with one attached hydrogen (secondary N) is 2. The highest BCUT2D eigenvalue weighted by Gasteiger charge is 2.25. The molecule has 0 unspecified atom stereocenters. The fraction of sp³-hybridized carbons (Fsp3) is 0.455. The Kier molecular flexibility index (Phi) is 4.09. The van der Waals surface area contributed by atoms with Gasteiger partial charge in [0.1, 0.15) is 5.70 Å². The van der Waals surface area contributed by atoms with Crippen LogP contribution in [-0.4, -0.2) is 11.9 Å². The Balaban J connectivity index is 2.70. The van der Waals surface area contributed by atoms with E-state index in [1.165, 1.54) is 0 Å². The summed E-state index contributed by atoms with van der Waals surface area (Å²) < 4.78 is 0. The van der Waals surface area contributed by atoms with Crippen molar-refractivity contribution in [1.29, 1.82) is 0 Å². The van der Waals surface area contributed by atoms with Crippen LogP contribution in [0.15, 0.2) is 23.9 Å². The van der Waals surface area contributed by atoms with Crippen molar-refractivity contribution >= 4 is 11.9 Å². The molecule has 2 N–H and O–H groups in total. The van der Waals surface area contributed by atoms with Gasteiger partial charge in [0, 0.05) is 0 Å². The summed E-state index contributed by atoms with van der Waals surface area (Å²) in [5, 5.41) is 4.67. The van der Waals surface area contributed by atoms with Gasteiger partial charge < -0.3 is 5.32 Å². The maximum Gasteiger partial charge on any atom is 0.326 e. The predicted octanol–water partition coefficient (Wildman–Crippen LogP) is 1.85. The number of allylic oxidation sites excluding steroid dienone is 2. The van der Waals surface area contributed by atoms with Gasteiger partial charge in [-0.3, -0.25) is 10.1 Å². The molecule has 15 heavy (non-hydrogen) atoms. The number of hydrogen-bond acceptors (Lipinski definition) is 2. The van der Waals surface area contributed by atoms with Gasteiger partial charge in [-0.1, -0.05) is 32.4 Å². The summed E-state index contributed by atoms with van der Waals surface area (Å²) in [5.41, 5.74) is 1.16. The first-order valence-electron chi connectivity index (χ1n) is 5.17. The van der Waals surface area contributed by atoms with E-state index in [1.807, 2.05) is 0 Å². The highest BCUT2D eigenvalue weighted by Crippen LogP contribution is 2.15. The van der Waals surface area contributed by atoms with Crippen LogP contribution in [0.4, 0.5) is 4.79 Å². The number of rotatable bonds is 5. The van der Waals surface area contributed by atoms with E-state index < -0.39 is 6.03 Å². The van der Waals surface area contributed by atoms with E-state index in [2.05, 4.69) is 24.1 Å². The summed E-state index contributed by atoms with van der Waals surface area (Å²) in [6.07, 6.45) is 5.65. The van der Waals surface area contributed by atoms with Crippen LogP contribution in [0.1, 0.15) is 32.6 Å². The highest BCUT2D eigenvalue weighted by atomic mass is 16.2. The lowest BCUT2D eigenvalue weighted by atomic mass is 10.1. The molecule has 1 heterocycles. The molecule has 0 atom stereocenters. The Morgan fingerprint density at radius 1 is 1.33 bits per heavy atom. The number of unbranched alkanes of at least 4 members (excludes halogenated alkanes) is 2. The predicted molar refractivity (Wildman–Crippen MR) is 58.0 cm³/mol. The summed E-state index contributed by atoms with van der Waals surface area (Å²) in [4.78, 5) is 22.2. The second-order valence-corrected chi connectivity index (χ2v) is 3.47. The second kappa shape index (κ2) is 5.34. The molecule has 1 saturated heterocycles. The monoisotopic (exact) mass is 208 g/mol. The summed E-state index contributed by atoms with van der Waals surface area (Å²) in [7, 11) is 0. The molecule has 0 bridgehead atoms. The first-order chi connectivity index (χ1) is 7.19. The second-order valence-electron chi connectivity index (χ2n) is 3.47. The molecule has 0 aromatic carbocycles. The van der Waals surface area contributed by atoms with Crippen molar-refractivity contribution in [3.63, 3.8) is 0 Å². The summed E-state index contributed by atoms with van der Waals surface area (Å²) >= 11 is 0. The van der Waals surface area contributed by atoms with E-state index >= 15 is 0 Å². The first kappa shape index (κ1) is 11.5. The van der Waals surface area contributed by atoms with E-state index in [1.54, 1.807) is 6.08 Å². The number of imide groups is 1. The molecule has 0 spiro atoms. The Labute approximate surface area is 89.4 Å². The smallest absolute Gasteiger partial charge is 0.303 e. The van der Waals surface area contributed by atoms with E-state index in [0.29, 0.717) is 5.70 Å². The SMILES string of the molecule is C=CC(CCCCC)=C1NC(=O)NC1=O. The van der Waals surface area contributed by atoms with Gasteiger partial charge in [-0.15, -0.1) is 0 Å². The fourth-order valence-corrected chi connectivity index (χ4v) is 1.49. The molecule has 1 aliphatic rings. The molecule has 82 valence electrons. The Morgan fingerprint density at radius 3 is 2.53 bits per heavy atom. The average Bonchev–Trinajstić information content (AvgIpc) is 2.53. The van der Waals surface area contributed by atoms with Crippen molar-refractivity contribution in [2.75, 3.05) is 0 Å². The third kappa shape index (κ3) is 2.94. The maximum atomic E-state index is 11.3. The molecule has 4 heteroatoms. The number of urea groups is 1. The molecule has 1 aliphatic heterocycles. The van der Waals surface area contributed by atoms with Crippen molar-refractivity contribution in [2.45, 2.75) is 32.6 Å². The van der Waals surface area contributed by atoms with Crippen LogP contribution in [0.3, 0.4) is 0 Å². The minimum atomic E-state index is -0.454. The highest BCUT2D eigenvalue weighted by molar-refractivity contribution is 6.12. The van der Waals surface area contributed by atoms with Crippen molar-refractivity contribution in [3.05, 3.63) is 23.9 Å². The van der Waals surface area contributed by atoms with Gasteiger partial charge in [0.15, 0.2) is 0 Å². The lowest BCUT2D eigenvalue weighted by molar-refractivity contribution is -0.115. The number of hydrogen-bond donors (Lipinski definition) is 2. The number of carbonyl (C=O) groups excluding carboxylic acids is 2. The zero-order chi connectivity index (χ0) is 11.3. The van der Waals surface area contributed by atoms with E-state index in [4.69, 9.17) is 0 Å². The standard InChI is InChI=1S/C11H16N2O2/c1-3-5-6-7-8(4-2)9-10(14)13-11(15)12-9/h4H,2-3,5-7H2,1H3,(H2,12,13,14,15). The van der Waals surface area contributed by atoms with Crippen LogP contribution in [0, 0.1) is 0 Å². The summed E-state index contributed by atoms with van der Waals surface area (Å²) in [6, 6.07) is -0.454. The van der Waals surface area contributed by atoms with Crippen LogP contribution in [0.2, 0.25) is 0 Å². The Morgan fingerprint density at radius 2 is 2.07 bits per heavy atom. The van der Waals surface area contributed by atoms with Gasteiger partial charge in [-0.25, -0.2) is 4.79 Å². The largest absolute Gasteiger partial charge is 0.326 e. The van der Waals surface area contributed by atoms with Crippen LogP contribution in [-0.2, 0) is 4.79 Å². The molecule has 0 saturated carbocycles. The number of amides is 3. The molecule has 0 aromatic heterocycles. The third-order valence-electron chi connectivity index (χ3n) is 2.31. The molecule has 0 aliphatic carbocycles. The van der Waals surface area contributed by atoms with Crippen molar-refractivity contribution < 1.29 is 9.59 Å². The van der Waals surface area contributed by atoms with Crippen LogP contribution in [0.5, 0.6) is 0 Å². The van der Waals surface area contributed by atoms with Crippen molar-refractivity contribution in [3.8, 4) is 0 Å². The maximum absolute atomic E-state index is 11.3. The van der Waals surface area contributed by atoms with Gasteiger partial charge in [0.05, 0.1) is 0 Å². The number of carbonyl (C=O) groups is 2. The fourth-order valence-electron chi connectivity index (χ4n) is 1.49. The average molecular weight is 208 g/mol. The molecular weight excluding hydrogens is 192 g/mol. The Hall–Kier alpha value is -1.58. The molecule has 0 aromatic rings. The van der Waals surface area contributed by atoms with Gasteiger partial charge in [0.25, 0.3) is 5.91 Å². The van der Waals surface area contributed by atoms with Gasteiger partial charge >= 0.3 is 6.03 Å². The van der Waals surface area contributed by atoms with Crippen molar-refractivity contribution in [2.24, 2.45) is 0 Å². The van der Waals surface area contributed by atoms with Crippen LogP contribution >= 0.6 is 0 Å². The minimum Gasteiger partial charge on any atom is -0.303 e. The van der Waals surface area contributed by atoms with Crippen LogP contribution < -0.4 is 10.6 Å². The minimum absolute atomic E-state index is 0.353. The topological polar surface area (TPSA) is 58.2 Å².